The molecule has 0 aliphatic rings. The van der Waals surface area contributed by atoms with E-state index in [2.05, 4.69) is 2.79 Å². The molecule has 0 amide bonds. The Morgan fingerprint density at radius 1 is 1.25 bits per heavy atom. The number of benzene rings is 1. The van der Waals surface area contributed by atoms with Gasteiger partial charge in [-0.2, -0.15) is 0 Å². The second-order valence-electron chi connectivity index (χ2n) is 4.22. The van der Waals surface area contributed by atoms with Gasteiger partial charge in [-0.15, -0.1) is 0 Å². The van der Waals surface area contributed by atoms with E-state index >= 15 is 0 Å². The molecule has 0 aliphatic heterocycles. The van der Waals surface area contributed by atoms with Crippen LogP contribution in [0, 0.1) is 0 Å². The van der Waals surface area contributed by atoms with Crippen LogP contribution in [0.1, 0.15) is 12.6 Å². The number of aryl methyl sites for hydroxylation is 1. The molecule has 0 saturated heterocycles. The third-order valence-electron chi connectivity index (χ3n) is 3.03. The number of methoxy groups -OCH3 is 2. The number of esters is 1. The molecule has 0 fully saturated rings. The van der Waals surface area contributed by atoms with E-state index in [1.54, 1.807) is 14.2 Å². The molecule has 20 heavy (non-hydrogen) atoms. The molecule has 0 atom stereocenters. The molecule has 5 nitrogen and oxygen atoms in total. The van der Waals surface area contributed by atoms with Gasteiger partial charge in [-0.05, 0) is 0 Å². The van der Waals surface area contributed by atoms with Crippen LogP contribution >= 0.6 is 0 Å². The van der Waals surface area contributed by atoms with Crippen LogP contribution in [0.4, 0.5) is 0 Å². The van der Waals surface area contributed by atoms with Gasteiger partial charge in [-0.25, -0.2) is 0 Å². The van der Waals surface area contributed by atoms with Crippen molar-refractivity contribution in [2.75, 3.05) is 20.8 Å². The van der Waals surface area contributed by atoms with Gasteiger partial charge in [0.2, 0.25) is 0 Å². The fourth-order valence-corrected chi connectivity index (χ4v) is 4.95. The van der Waals surface area contributed by atoms with Crippen LogP contribution in [0.15, 0.2) is 12.1 Å². The van der Waals surface area contributed by atoms with Gasteiger partial charge in [0.05, 0.1) is 0 Å². The topological polar surface area (TPSA) is 48.6 Å². The average molecular weight is 392 g/mol. The van der Waals surface area contributed by atoms with E-state index in [4.69, 9.17) is 14.2 Å². The zero-order valence-corrected chi connectivity index (χ0v) is 14.4. The van der Waals surface area contributed by atoms with Crippen molar-refractivity contribution in [1.82, 2.24) is 0 Å². The first-order valence-electron chi connectivity index (χ1n) is 6.30. The number of fused-ring (bicyclic) bond motifs is 1. The minimum atomic E-state index is -0.504. The monoisotopic (exact) mass is 394 g/mol. The normalized spacial score (nSPS) is 10.6. The van der Waals surface area contributed by atoms with Gasteiger partial charge in [-0.1, -0.05) is 0 Å². The van der Waals surface area contributed by atoms with Crippen molar-refractivity contribution >= 4 is 35.5 Å². The van der Waals surface area contributed by atoms with Crippen molar-refractivity contribution < 1.29 is 21.8 Å². The SMILES string of the molecule is CCOC(=O)Cc1c2cc(OC)c(OC)cc2[te][n+]1C. The zero-order valence-electron chi connectivity index (χ0n) is 12.1. The standard InChI is InChI=1S/C14H18NO4Te/c1-5-19-14(16)7-10-9-6-11(17-3)12(18-4)8-13(9)20-15(10)2/h6,8H,5,7H2,1-4H3/q+1. The molecule has 0 bridgehead atoms. The number of hydrogen-bond acceptors (Lipinski definition) is 4. The van der Waals surface area contributed by atoms with Crippen LogP contribution in [-0.2, 0) is 23.0 Å². The first-order valence-corrected chi connectivity index (χ1v) is 8.51. The summed E-state index contributed by atoms with van der Waals surface area (Å²) in [7, 11) is 5.27. The molecule has 1 aromatic heterocycles. The Labute approximate surface area is 128 Å². The molecule has 2 aromatic rings. The number of carbonyl (C=O) groups is 1. The molecule has 6 heteroatoms. The molecule has 0 spiro atoms. The van der Waals surface area contributed by atoms with Crippen LogP contribution in [-0.4, -0.2) is 47.5 Å². The number of hydrogen-bond donors (Lipinski definition) is 0. The summed E-state index contributed by atoms with van der Waals surface area (Å²) in [5.41, 5.74) is 1.02. The molecule has 0 N–H and O–H groups in total. The number of carbonyl (C=O) groups excluding carboxylic acids is 1. The van der Waals surface area contributed by atoms with Gasteiger partial charge < -0.3 is 0 Å². The second kappa shape index (κ2) is 6.47. The van der Waals surface area contributed by atoms with Gasteiger partial charge >= 0.3 is 128 Å². The minimum absolute atomic E-state index is 0.190. The Morgan fingerprint density at radius 2 is 1.90 bits per heavy atom. The van der Waals surface area contributed by atoms with Crippen molar-refractivity contribution in [1.29, 1.82) is 0 Å². The summed E-state index contributed by atoms with van der Waals surface area (Å²) in [6, 6.07) is 3.97. The molecule has 108 valence electrons. The van der Waals surface area contributed by atoms with E-state index in [1.165, 1.54) is 3.40 Å². The molecule has 1 aromatic carbocycles. The zero-order chi connectivity index (χ0) is 14.7. The van der Waals surface area contributed by atoms with Crippen LogP contribution in [0.25, 0.3) is 8.79 Å². The van der Waals surface area contributed by atoms with Crippen LogP contribution in [0.5, 0.6) is 11.5 Å². The van der Waals surface area contributed by atoms with Crippen LogP contribution in [0.3, 0.4) is 0 Å². The number of ether oxygens (including phenoxy) is 3. The summed E-state index contributed by atoms with van der Waals surface area (Å²) in [4.78, 5) is 11.7. The molecule has 1 heterocycles. The Bertz CT molecular complexity index is 636. The third kappa shape index (κ3) is 2.92. The van der Waals surface area contributed by atoms with Gasteiger partial charge in [-0.3, -0.25) is 0 Å². The Kier molecular flexibility index (Phi) is 4.90. The van der Waals surface area contributed by atoms with Gasteiger partial charge in [0.15, 0.2) is 0 Å². The van der Waals surface area contributed by atoms with Crippen molar-refractivity contribution in [3.63, 3.8) is 0 Å². The molecule has 0 aliphatic carbocycles. The quantitative estimate of drug-likeness (QED) is 0.560. The first kappa shape index (κ1) is 15.1. The van der Waals surface area contributed by atoms with E-state index in [9.17, 15) is 4.79 Å². The maximum atomic E-state index is 11.7. The summed E-state index contributed by atoms with van der Waals surface area (Å²) in [6.45, 7) is 2.22. The van der Waals surface area contributed by atoms with Crippen LogP contribution < -0.4 is 12.3 Å². The summed E-state index contributed by atoms with van der Waals surface area (Å²) < 4.78 is 19.2. The second-order valence-corrected chi connectivity index (χ2v) is 7.56. The molecule has 0 radical (unpaired) electrons. The molecule has 2 rings (SSSR count). The molecule has 0 unspecified atom stereocenters. The van der Waals surface area contributed by atoms with Crippen molar-refractivity contribution in [2.24, 2.45) is 7.05 Å². The summed E-state index contributed by atoms with van der Waals surface area (Å²) in [5, 5.41) is 1.08. The maximum absolute atomic E-state index is 11.7. The molecular formula is C14H18NO4Te+. The molecular weight excluding hydrogens is 374 g/mol. The summed E-state index contributed by atoms with van der Waals surface area (Å²) >= 11 is -0.504. The average Bonchev–Trinajstić information content (AvgIpc) is 2.73. The van der Waals surface area contributed by atoms with E-state index in [0.717, 1.165) is 16.8 Å². The van der Waals surface area contributed by atoms with Crippen molar-refractivity contribution in [2.45, 2.75) is 13.3 Å². The Morgan fingerprint density at radius 3 is 2.50 bits per heavy atom. The predicted molar refractivity (Wildman–Crippen MR) is 75.5 cm³/mol. The van der Waals surface area contributed by atoms with E-state index in [-0.39, 0.29) is 5.97 Å². The fourth-order valence-electron chi connectivity index (χ4n) is 2.09. The predicted octanol–water partition coefficient (Wildman–Crippen LogP) is 0.844. The van der Waals surface area contributed by atoms with E-state index in [0.29, 0.717) is 18.8 Å². The summed E-state index contributed by atoms with van der Waals surface area (Å²) in [5.74, 6) is 1.24. The Hall–Kier alpha value is -1.25. The third-order valence-corrected chi connectivity index (χ3v) is 5.97. The van der Waals surface area contributed by atoms with E-state index < -0.39 is 20.7 Å². The first-order chi connectivity index (χ1) is 9.60. The van der Waals surface area contributed by atoms with Crippen molar-refractivity contribution in [3.8, 4) is 11.5 Å². The van der Waals surface area contributed by atoms with Gasteiger partial charge in [0.25, 0.3) is 0 Å². The van der Waals surface area contributed by atoms with Gasteiger partial charge in [0, 0.05) is 0 Å². The van der Waals surface area contributed by atoms with E-state index in [1.807, 2.05) is 26.1 Å². The number of nitrogens with zero attached hydrogens (tertiary/aromatic N) is 1. The molecule has 0 saturated carbocycles. The summed E-state index contributed by atoms with van der Waals surface area (Å²) in [6.07, 6.45) is 0.303. The number of aromatic nitrogens is 1. The Balaban J connectivity index is 2.49. The van der Waals surface area contributed by atoms with Crippen LogP contribution in [0.2, 0.25) is 0 Å². The fraction of sp³-hybridized carbons (Fsp3) is 0.429. The van der Waals surface area contributed by atoms with Crippen molar-refractivity contribution in [3.05, 3.63) is 17.8 Å². The van der Waals surface area contributed by atoms with Gasteiger partial charge in [0.1, 0.15) is 0 Å². The number of rotatable bonds is 5.